The molecule has 0 amide bonds. The summed E-state index contributed by atoms with van der Waals surface area (Å²) in [4.78, 5) is 0. The van der Waals surface area contributed by atoms with Crippen LogP contribution in [0, 0.1) is 0 Å². The van der Waals surface area contributed by atoms with Crippen LogP contribution in [0.25, 0.3) is 0 Å². The Bertz CT molecular complexity index is 304. The summed E-state index contributed by atoms with van der Waals surface area (Å²) in [5.41, 5.74) is 1.44. The summed E-state index contributed by atoms with van der Waals surface area (Å²) in [7, 11) is 0. The molecule has 0 radical (unpaired) electrons. The minimum Gasteiger partial charge on any atom is -1.00 e. The second kappa shape index (κ2) is 8.70. The number of rotatable bonds is 7. The van der Waals surface area contributed by atoms with Crippen LogP contribution in [0.15, 0.2) is 43.0 Å². The van der Waals surface area contributed by atoms with Crippen molar-refractivity contribution in [2.75, 3.05) is 19.6 Å². The molecule has 1 aromatic rings. The molecule has 0 unspecified atom stereocenters. The lowest BCUT2D eigenvalue weighted by molar-refractivity contribution is -0.937. The monoisotopic (exact) mass is 345 g/mol. The van der Waals surface area contributed by atoms with Gasteiger partial charge in [0, 0.05) is 12.0 Å². The third-order valence-electron chi connectivity index (χ3n) is 3.51. The van der Waals surface area contributed by atoms with E-state index in [9.17, 15) is 0 Å². The normalized spacial score (nSPS) is 10.7. The van der Waals surface area contributed by atoms with E-state index in [4.69, 9.17) is 0 Å². The smallest absolute Gasteiger partial charge is 0.104 e. The largest absolute Gasteiger partial charge is 1.00 e. The van der Waals surface area contributed by atoms with E-state index in [0.29, 0.717) is 0 Å². The van der Waals surface area contributed by atoms with Gasteiger partial charge in [0.05, 0.1) is 19.6 Å². The van der Waals surface area contributed by atoms with Crippen molar-refractivity contribution in [2.45, 2.75) is 26.8 Å². The quantitative estimate of drug-likeness (QED) is 0.386. The molecule has 0 heterocycles. The SMILES string of the molecule is C=CCC[N+](CC)(CC)Cc1ccccc1.[I-]. The molecule has 0 aliphatic rings. The van der Waals surface area contributed by atoms with Crippen LogP contribution >= 0.6 is 0 Å². The van der Waals surface area contributed by atoms with Gasteiger partial charge < -0.3 is 28.5 Å². The fourth-order valence-corrected chi connectivity index (χ4v) is 2.18. The average molecular weight is 345 g/mol. The number of halogens is 1. The Balaban J connectivity index is 0.00000256. The predicted molar refractivity (Wildman–Crippen MR) is 71.2 cm³/mol. The molecule has 0 bridgehead atoms. The van der Waals surface area contributed by atoms with Crippen molar-refractivity contribution in [1.29, 1.82) is 0 Å². The predicted octanol–water partition coefficient (Wildman–Crippen LogP) is 0.623. The summed E-state index contributed by atoms with van der Waals surface area (Å²) in [6, 6.07) is 10.8. The Morgan fingerprint density at radius 2 is 1.71 bits per heavy atom. The molecule has 1 rings (SSSR count). The van der Waals surface area contributed by atoms with Crippen LogP contribution in [-0.4, -0.2) is 24.1 Å². The highest BCUT2D eigenvalue weighted by molar-refractivity contribution is 5.13. The third-order valence-corrected chi connectivity index (χ3v) is 3.51. The lowest BCUT2D eigenvalue weighted by atomic mass is 10.1. The molecule has 1 nitrogen and oxygen atoms in total. The van der Waals surface area contributed by atoms with Gasteiger partial charge in [0.1, 0.15) is 6.54 Å². The second-order valence-electron chi connectivity index (χ2n) is 4.42. The summed E-state index contributed by atoms with van der Waals surface area (Å²) < 4.78 is 1.16. The topological polar surface area (TPSA) is 0 Å². The highest BCUT2D eigenvalue weighted by Crippen LogP contribution is 2.15. The average Bonchev–Trinajstić information content (AvgIpc) is 2.36. The Kier molecular flexibility index (Phi) is 8.52. The van der Waals surface area contributed by atoms with Crippen LogP contribution in [0.2, 0.25) is 0 Å². The van der Waals surface area contributed by atoms with Crippen molar-refractivity contribution in [2.24, 2.45) is 0 Å². The highest BCUT2D eigenvalue weighted by atomic mass is 127. The van der Waals surface area contributed by atoms with Gasteiger partial charge in [-0.2, -0.15) is 0 Å². The number of quaternary nitrogens is 1. The van der Waals surface area contributed by atoms with E-state index in [1.165, 1.54) is 25.2 Å². The highest BCUT2D eigenvalue weighted by Gasteiger charge is 2.22. The first-order chi connectivity index (χ1) is 7.76. The van der Waals surface area contributed by atoms with E-state index in [2.05, 4.69) is 50.8 Å². The lowest BCUT2D eigenvalue weighted by Gasteiger charge is -2.36. The summed E-state index contributed by atoms with van der Waals surface area (Å²) in [5.74, 6) is 0. The minimum atomic E-state index is 0. The zero-order chi connectivity index (χ0) is 11.9. The van der Waals surface area contributed by atoms with Crippen LogP contribution < -0.4 is 24.0 Å². The van der Waals surface area contributed by atoms with Crippen LogP contribution in [0.5, 0.6) is 0 Å². The van der Waals surface area contributed by atoms with E-state index in [1.54, 1.807) is 0 Å². The van der Waals surface area contributed by atoms with Gasteiger partial charge in [0.25, 0.3) is 0 Å². The molecule has 0 aromatic heterocycles. The van der Waals surface area contributed by atoms with Crippen LogP contribution in [-0.2, 0) is 6.54 Å². The van der Waals surface area contributed by atoms with Gasteiger partial charge in [-0.3, -0.25) is 0 Å². The van der Waals surface area contributed by atoms with Crippen LogP contribution in [0.4, 0.5) is 0 Å². The van der Waals surface area contributed by atoms with Gasteiger partial charge in [0.15, 0.2) is 0 Å². The summed E-state index contributed by atoms with van der Waals surface area (Å²) >= 11 is 0. The minimum absolute atomic E-state index is 0. The number of nitrogens with zero attached hydrogens (tertiary/aromatic N) is 1. The van der Waals surface area contributed by atoms with Gasteiger partial charge in [-0.15, -0.1) is 6.58 Å². The van der Waals surface area contributed by atoms with E-state index in [-0.39, 0.29) is 24.0 Å². The maximum Gasteiger partial charge on any atom is 0.104 e. The molecule has 0 aliphatic carbocycles. The summed E-state index contributed by atoms with van der Waals surface area (Å²) in [5, 5.41) is 0. The Morgan fingerprint density at radius 3 is 2.18 bits per heavy atom. The van der Waals surface area contributed by atoms with Crippen molar-refractivity contribution in [3.63, 3.8) is 0 Å². The number of hydrogen-bond donors (Lipinski definition) is 0. The summed E-state index contributed by atoms with van der Waals surface area (Å²) in [6.07, 6.45) is 3.14. The Morgan fingerprint density at radius 1 is 1.12 bits per heavy atom. The van der Waals surface area contributed by atoms with Crippen LogP contribution in [0.3, 0.4) is 0 Å². The Labute approximate surface area is 123 Å². The van der Waals surface area contributed by atoms with Crippen LogP contribution in [0.1, 0.15) is 25.8 Å². The molecule has 1 aromatic carbocycles. The van der Waals surface area contributed by atoms with Crippen molar-refractivity contribution in [1.82, 2.24) is 0 Å². The number of hydrogen-bond acceptors (Lipinski definition) is 0. The molecule has 0 atom stereocenters. The van der Waals surface area contributed by atoms with Gasteiger partial charge in [-0.1, -0.05) is 36.4 Å². The molecule has 0 aliphatic heterocycles. The molecular weight excluding hydrogens is 321 g/mol. The molecule has 0 fully saturated rings. The maximum atomic E-state index is 3.83. The molecule has 96 valence electrons. The second-order valence-corrected chi connectivity index (χ2v) is 4.42. The lowest BCUT2D eigenvalue weighted by Crippen LogP contribution is -3.00. The first-order valence-corrected chi connectivity index (χ1v) is 6.26. The molecule has 17 heavy (non-hydrogen) atoms. The third kappa shape index (κ3) is 5.21. The standard InChI is InChI=1S/C15H24N.HI/c1-4-7-13-16(5-2,6-3)14-15-11-9-8-10-12-15;/h4,8-12H,1,5-7,13-14H2,2-3H3;1H/q+1;/p-1. The zero-order valence-corrected chi connectivity index (χ0v) is 13.2. The van der Waals surface area contributed by atoms with Gasteiger partial charge in [-0.05, 0) is 13.8 Å². The molecule has 2 heteroatoms. The number of benzene rings is 1. The zero-order valence-electron chi connectivity index (χ0n) is 11.0. The molecule has 0 saturated heterocycles. The first kappa shape index (κ1) is 16.6. The Hall–Kier alpha value is -0.350. The van der Waals surface area contributed by atoms with Crippen molar-refractivity contribution in [3.8, 4) is 0 Å². The van der Waals surface area contributed by atoms with E-state index >= 15 is 0 Å². The fraction of sp³-hybridized carbons (Fsp3) is 0.467. The van der Waals surface area contributed by atoms with Gasteiger partial charge in [0.2, 0.25) is 0 Å². The van der Waals surface area contributed by atoms with Gasteiger partial charge >= 0.3 is 0 Å². The first-order valence-electron chi connectivity index (χ1n) is 6.26. The van der Waals surface area contributed by atoms with E-state index < -0.39 is 0 Å². The molecule has 0 saturated carbocycles. The molecule has 0 spiro atoms. The fourth-order valence-electron chi connectivity index (χ4n) is 2.18. The maximum absolute atomic E-state index is 3.83. The molecular formula is C15H24IN. The van der Waals surface area contributed by atoms with E-state index in [1.807, 2.05) is 6.08 Å². The molecule has 0 N–H and O–H groups in total. The van der Waals surface area contributed by atoms with Crippen molar-refractivity contribution >= 4 is 0 Å². The van der Waals surface area contributed by atoms with E-state index in [0.717, 1.165) is 17.4 Å². The van der Waals surface area contributed by atoms with Crippen molar-refractivity contribution < 1.29 is 28.5 Å². The van der Waals surface area contributed by atoms with Crippen molar-refractivity contribution in [3.05, 3.63) is 48.6 Å². The summed E-state index contributed by atoms with van der Waals surface area (Å²) in [6.45, 7) is 13.1. The van der Waals surface area contributed by atoms with Gasteiger partial charge in [-0.25, -0.2) is 0 Å².